The molecule has 0 aromatic heterocycles. The summed E-state index contributed by atoms with van der Waals surface area (Å²) in [4.78, 5) is 13.9. The van der Waals surface area contributed by atoms with E-state index < -0.39 is 10.0 Å². The average molecular weight is 396 g/mol. The Hall–Kier alpha value is -0.860. The highest BCUT2D eigenvalue weighted by Gasteiger charge is 2.31. The van der Waals surface area contributed by atoms with Crippen molar-refractivity contribution in [2.45, 2.75) is 17.7 Å². The molecule has 1 heterocycles. The SMILES string of the molecule is CNCCCC(=O)N1CCN(S(=O)(=O)c2ccccc2Cl)CC1.Cl. The third kappa shape index (κ3) is 5.07. The fraction of sp³-hybridized carbons (Fsp3) is 0.533. The van der Waals surface area contributed by atoms with Crippen molar-refractivity contribution in [2.75, 3.05) is 39.8 Å². The highest BCUT2D eigenvalue weighted by Crippen LogP contribution is 2.25. The van der Waals surface area contributed by atoms with Gasteiger partial charge in [-0.2, -0.15) is 4.31 Å². The van der Waals surface area contributed by atoms with Gasteiger partial charge in [0.25, 0.3) is 0 Å². The molecule has 2 rings (SSSR count). The van der Waals surface area contributed by atoms with E-state index in [1.807, 2.05) is 7.05 Å². The molecule has 0 unspecified atom stereocenters. The molecule has 0 radical (unpaired) electrons. The first-order valence-corrected chi connectivity index (χ1v) is 9.45. The number of hydrogen-bond acceptors (Lipinski definition) is 4. The van der Waals surface area contributed by atoms with E-state index in [-0.39, 0.29) is 28.2 Å². The Kier molecular flexibility index (Phi) is 8.45. The lowest BCUT2D eigenvalue weighted by atomic mass is 10.2. The lowest BCUT2D eigenvalue weighted by molar-refractivity contribution is -0.132. The van der Waals surface area contributed by atoms with Gasteiger partial charge in [-0.1, -0.05) is 23.7 Å². The normalized spacial score (nSPS) is 15.8. The van der Waals surface area contributed by atoms with Crippen molar-refractivity contribution < 1.29 is 13.2 Å². The largest absolute Gasteiger partial charge is 0.340 e. The predicted molar refractivity (Wildman–Crippen MR) is 97.2 cm³/mol. The van der Waals surface area contributed by atoms with Crippen molar-refractivity contribution in [3.05, 3.63) is 29.3 Å². The van der Waals surface area contributed by atoms with Crippen LogP contribution in [0.15, 0.2) is 29.2 Å². The summed E-state index contributed by atoms with van der Waals surface area (Å²) in [6.45, 7) is 2.23. The molecule has 0 atom stereocenters. The van der Waals surface area contributed by atoms with Crippen LogP contribution in [0.3, 0.4) is 0 Å². The second kappa shape index (κ2) is 9.58. The first kappa shape index (κ1) is 21.2. The smallest absolute Gasteiger partial charge is 0.244 e. The van der Waals surface area contributed by atoms with Crippen molar-refractivity contribution in [3.63, 3.8) is 0 Å². The number of halogens is 2. The molecule has 1 N–H and O–H groups in total. The van der Waals surface area contributed by atoms with E-state index in [1.165, 1.54) is 10.4 Å². The molecule has 1 saturated heterocycles. The zero-order chi connectivity index (χ0) is 16.9. The summed E-state index contributed by atoms with van der Waals surface area (Å²) in [6.07, 6.45) is 1.27. The van der Waals surface area contributed by atoms with Crippen molar-refractivity contribution in [1.82, 2.24) is 14.5 Å². The van der Waals surface area contributed by atoms with Crippen molar-refractivity contribution in [3.8, 4) is 0 Å². The Bertz CT molecular complexity index is 647. The van der Waals surface area contributed by atoms with Crippen molar-refractivity contribution in [2.24, 2.45) is 0 Å². The molecule has 0 bridgehead atoms. The molecule has 0 saturated carbocycles. The summed E-state index contributed by atoms with van der Waals surface area (Å²) in [5.41, 5.74) is 0. The number of carbonyl (C=O) groups excluding carboxylic acids is 1. The number of rotatable bonds is 6. The van der Waals surface area contributed by atoms with E-state index >= 15 is 0 Å². The number of nitrogens with zero attached hydrogens (tertiary/aromatic N) is 2. The van der Waals surface area contributed by atoms with E-state index in [1.54, 1.807) is 23.1 Å². The van der Waals surface area contributed by atoms with Crippen LogP contribution < -0.4 is 5.32 Å². The lowest BCUT2D eigenvalue weighted by Gasteiger charge is -2.34. The van der Waals surface area contributed by atoms with E-state index in [4.69, 9.17) is 11.6 Å². The Morgan fingerprint density at radius 1 is 1.21 bits per heavy atom. The number of hydrogen-bond donors (Lipinski definition) is 1. The second-order valence-electron chi connectivity index (χ2n) is 5.42. The van der Waals surface area contributed by atoms with Crippen LogP contribution in [0.5, 0.6) is 0 Å². The molecule has 0 aliphatic carbocycles. The van der Waals surface area contributed by atoms with Gasteiger partial charge < -0.3 is 10.2 Å². The molecule has 1 aliphatic rings. The zero-order valence-corrected chi connectivity index (χ0v) is 16.0. The minimum Gasteiger partial charge on any atom is -0.340 e. The standard InChI is InChI=1S/C15H22ClN3O3S.ClH/c1-17-8-4-7-15(20)18-9-11-19(12-10-18)23(21,22)14-6-3-2-5-13(14)16;/h2-3,5-6,17H,4,7-12H2,1H3;1H. The predicted octanol–water partition coefficient (Wildman–Crippen LogP) is 1.59. The van der Waals surface area contributed by atoms with Gasteiger partial charge in [0.2, 0.25) is 15.9 Å². The number of carbonyl (C=O) groups is 1. The number of amides is 1. The number of sulfonamides is 1. The van der Waals surface area contributed by atoms with Crippen LogP contribution >= 0.6 is 24.0 Å². The van der Waals surface area contributed by atoms with Crippen LogP contribution in [0.4, 0.5) is 0 Å². The van der Waals surface area contributed by atoms with Gasteiger partial charge in [-0.25, -0.2) is 8.42 Å². The van der Waals surface area contributed by atoms with Crippen LogP contribution in [-0.2, 0) is 14.8 Å². The second-order valence-corrected chi connectivity index (χ2v) is 7.74. The van der Waals surface area contributed by atoms with Gasteiger partial charge in [-0.3, -0.25) is 4.79 Å². The van der Waals surface area contributed by atoms with Crippen molar-refractivity contribution in [1.29, 1.82) is 0 Å². The minimum absolute atomic E-state index is 0. The molecular formula is C15H23Cl2N3O3S. The lowest BCUT2D eigenvalue weighted by Crippen LogP contribution is -2.50. The van der Waals surface area contributed by atoms with Gasteiger partial charge >= 0.3 is 0 Å². The van der Waals surface area contributed by atoms with Gasteiger partial charge in [-0.15, -0.1) is 12.4 Å². The maximum Gasteiger partial charge on any atom is 0.244 e. The van der Waals surface area contributed by atoms with Crippen LogP contribution in [0.2, 0.25) is 5.02 Å². The molecule has 1 aromatic rings. The van der Waals surface area contributed by atoms with Crippen LogP contribution in [0.1, 0.15) is 12.8 Å². The highest BCUT2D eigenvalue weighted by molar-refractivity contribution is 7.89. The Balaban J connectivity index is 0.00000288. The molecule has 1 amide bonds. The van der Waals surface area contributed by atoms with Gasteiger partial charge in [0.1, 0.15) is 4.90 Å². The molecule has 136 valence electrons. The fourth-order valence-corrected chi connectivity index (χ4v) is 4.46. The molecule has 1 aromatic carbocycles. The third-order valence-corrected chi connectivity index (χ3v) is 6.26. The summed E-state index contributed by atoms with van der Waals surface area (Å²) >= 11 is 6.00. The Morgan fingerprint density at radius 3 is 2.42 bits per heavy atom. The summed E-state index contributed by atoms with van der Waals surface area (Å²) in [5, 5.41) is 3.23. The molecule has 24 heavy (non-hydrogen) atoms. The Morgan fingerprint density at radius 2 is 1.83 bits per heavy atom. The molecule has 9 heteroatoms. The molecular weight excluding hydrogens is 373 g/mol. The maximum atomic E-state index is 12.6. The molecule has 1 fully saturated rings. The highest BCUT2D eigenvalue weighted by atomic mass is 35.5. The monoisotopic (exact) mass is 395 g/mol. The number of piperazine rings is 1. The topological polar surface area (TPSA) is 69.7 Å². The molecule has 0 spiro atoms. The van der Waals surface area contributed by atoms with E-state index in [9.17, 15) is 13.2 Å². The summed E-state index contributed by atoms with van der Waals surface area (Å²) in [7, 11) is -1.76. The summed E-state index contributed by atoms with van der Waals surface area (Å²) in [6, 6.07) is 6.42. The maximum absolute atomic E-state index is 12.6. The first-order chi connectivity index (χ1) is 11.0. The van der Waals surface area contributed by atoms with Crippen LogP contribution in [-0.4, -0.2) is 63.3 Å². The fourth-order valence-electron chi connectivity index (χ4n) is 2.55. The van der Waals surface area contributed by atoms with Crippen molar-refractivity contribution >= 4 is 39.9 Å². The minimum atomic E-state index is -3.61. The van der Waals surface area contributed by atoms with E-state index in [2.05, 4.69) is 5.32 Å². The summed E-state index contributed by atoms with van der Waals surface area (Å²) < 4.78 is 26.6. The third-order valence-electron chi connectivity index (χ3n) is 3.86. The first-order valence-electron chi connectivity index (χ1n) is 7.64. The summed E-state index contributed by atoms with van der Waals surface area (Å²) in [5.74, 6) is 0.0787. The van der Waals surface area contributed by atoms with Crippen LogP contribution in [0.25, 0.3) is 0 Å². The van der Waals surface area contributed by atoms with E-state index in [0.717, 1.165) is 13.0 Å². The number of nitrogens with one attached hydrogen (secondary N) is 1. The molecule has 6 nitrogen and oxygen atoms in total. The quantitative estimate of drug-likeness (QED) is 0.742. The zero-order valence-electron chi connectivity index (χ0n) is 13.6. The Labute approximate surface area is 154 Å². The van der Waals surface area contributed by atoms with Gasteiger partial charge in [0.15, 0.2) is 0 Å². The van der Waals surface area contributed by atoms with Gasteiger partial charge in [-0.05, 0) is 32.1 Å². The van der Waals surface area contributed by atoms with Gasteiger partial charge in [0, 0.05) is 32.6 Å². The van der Waals surface area contributed by atoms with Crippen LogP contribution in [0, 0.1) is 0 Å². The average Bonchev–Trinajstić information content (AvgIpc) is 2.55. The van der Waals surface area contributed by atoms with E-state index in [0.29, 0.717) is 32.6 Å². The van der Waals surface area contributed by atoms with Gasteiger partial charge in [0.05, 0.1) is 5.02 Å². The molecule has 1 aliphatic heterocycles. The number of benzene rings is 1.